The number of anilines is 1. The molecule has 0 saturated heterocycles. The fourth-order valence-corrected chi connectivity index (χ4v) is 6.20. The molecule has 0 unspecified atom stereocenters. The molecule has 2 amide bonds. The number of halogens is 2. The molecule has 0 saturated carbocycles. The standard InChI is InChI=1S/C31H36ClFN4O7S/c1-6-21(4)34-31(39)26(7-2)35(18-22-9-12-24(33)13-10-22)30(38)19-36(28-16-23(32)11-15-29(28)44-5)45(42,43)25-14-8-20(3)27(17-25)37(40)41/h8-17,21,26H,6-7,18-19H2,1-5H3,(H,34,39)/t21-,26-/m0/s1. The van der Waals surface area contributed by atoms with Crippen molar-refractivity contribution in [1.29, 1.82) is 0 Å². The van der Waals surface area contributed by atoms with Gasteiger partial charge in [-0.15, -0.1) is 0 Å². The van der Waals surface area contributed by atoms with E-state index in [1.54, 1.807) is 6.92 Å². The molecule has 0 spiro atoms. The number of nitro groups is 1. The number of ether oxygens (including phenoxy) is 1. The quantitative estimate of drug-likeness (QED) is 0.175. The van der Waals surface area contributed by atoms with Crippen LogP contribution in [0.25, 0.3) is 0 Å². The normalized spacial score (nSPS) is 12.6. The van der Waals surface area contributed by atoms with Crippen LogP contribution in [0.4, 0.5) is 15.8 Å². The van der Waals surface area contributed by atoms with Crippen LogP contribution in [0.5, 0.6) is 5.75 Å². The number of hydrogen-bond donors (Lipinski definition) is 1. The molecular formula is C31H36ClFN4O7S. The Hall–Kier alpha value is -4.23. The van der Waals surface area contributed by atoms with Gasteiger partial charge in [0.05, 0.1) is 22.6 Å². The third kappa shape index (κ3) is 8.49. The summed E-state index contributed by atoms with van der Waals surface area (Å²) in [7, 11) is -3.36. The van der Waals surface area contributed by atoms with Crippen molar-refractivity contribution in [3.05, 3.63) is 92.7 Å². The van der Waals surface area contributed by atoms with E-state index in [1.165, 1.54) is 73.5 Å². The van der Waals surface area contributed by atoms with E-state index in [2.05, 4.69) is 5.32 Å². The van der Waals surface area contributed by atoms with Crippen LogP contribution in [0.2, 0.25) is 5.02 Å². The molecule has 0 bridgehead atoms. The maximum absolute atomic E-state index is 14.2. The van der Waals surface area contributed by atoms with Crippen molar-refractivity contribution in [2.75, 3.05) is 18.0 Å². The number of hydrogen-bond acceptors (Lipinski definition) is 7. The number of nitrogens with one attached hydrogen (secondary N) is 1. The molecule has 14 heteroatoms. The third-order valence-electron chi connectivity index (χ3n) is 7.31. The smallest absolute Gasteiger partial charge is 0.273 e. The Labute approximate surface area is 267 Å². The second-order valence-electron chi connectivity index (χ2n) is 10.4. The van der Waals surface area contributed by atoms with E-state index in [0.29, 0.717) is 12.0 Å². The number of carbonyl (C=O) groups excluding carboxylic acids is 2. The lowest BCUT2D eigenvalue weighted by Gasteiger charge is -2.34. The zero-order valence-electron chi connectivity index (χ0n) is 25.6. The van der Waals surface area contributed by atoms with Gasteiger partial charge in [0, 0.05) is 29.2 Å². The molecule has 2 atom stereocenters. The van der Waals surface area contributed by atoms with Gasteiger partial charge < -0.3 is 15.0 Å². The maximum Gasteiger partial charge on any atom is 0.273 e. The molecule has 0 aliphatic heterocycles. The van der Waals surface area contributed by atoms with Gasteiger partial charge in [0.15, 0.2) is 0 Å². The summed E-state index contributed by atoms with van der Waals surface area (Å²) in [6, 6.07) is 11.8. The predicted molar refractivity (Wildman–Crippen MR) is 169 cm³/mol. The minimum absolute atomic E-state index is 0.0593. The molecule has 0 fully saturated rings. The van der Waals surface area contributed by atoms with Gasteiger partial charge in [-0.25, -0.2) is 12.8 Å². The lowest BCUT2D eigenvalue weighted by molar-refractivity contribution is -0.385. The number of aryl methyl sites for hydroxylation is 1. The van der Waals surface area contributed by atoms with Gasteiger partial charge in [-0.05, 0) is 68.7 Å². The Balaban J connectivity index is 2.18. The van der Waals surface area contributed by atoms with Crippen molar-refractivity contribution < 1.29 is 32.1 Å². The number of rotatable bonds is 14. The third-order valence-corrected chi connectivity index (χ3v) is 9.30. The average molecular weight is 663 g/mol. The van der Waals surface area contributed by atoms with Gasteiger partial charge in [0.25, 0.3) is 15.7 Å². The summed E-state index contributed by atoms with van der Waals surface area (Å²) in [5.41, 5.74) is 0.223. The number of nitrogens with zero attached hydrogens (tertiary/aromatic N) is 3. The maximum atomic E-state index is 14.2. The summed E-state index contributed by atoms with van der Waals surface area (Å²) in [6.45, 7) is 5.93. The van der Waals surface area contributed by atoms with Gasteiger partial charge in [0.1, 0.15) is 24.2 Å². The number of benzene rings is 3. The Morgan fingerprint density at radius 3 is 2.31 bits per heavy atom. The lowest BCUT2D eigenvalue weighted by atomic mass is 10.1. The molecule has 0 radical (unpaired) electrons. The predicted octanol–water partition coefficient (Wildman–Crippen LogP) is 5.62. The first-order valence-corrected chi connectivity index (χ1v) is 16.0. The van der Waals surface area contributed by atoms with E-state index in [4.69, 9.17) is 16.3 Å². The summed E-state index contributed by atoms with van der Waals surface area (Å²) in [6.07, 6.45) is 0.823. The highest BCUT2D eigenvalue weighted by atomic mass is 35.5. The molecule has 3 aromatic carbocycles. The van der Waals surface area contributed by atoms with Crippen LogP contribution < -0.4 is 14.4 Å². The van der Waals surface area contributed by atoms with Gasteiger partial charge in [0.2, 0.25) is 11.8 Å². The lowest BCUT2D eigenvalue weighted by Crippen LogP contribution is -2.53. The van der Waals surface area contributed by atoms with Crippen molar-refractivity contribution in [3.63, 3.8) is 0 Å². The zero-order chi connectivity index (χ0) is 33.5. The number of carbonyl (C=O) groups is 2. The number of sulfonamides is 1. The minimum Gasteiger partial charge on any atom is -0.495 e. The average Bonchev–Trinajstić information content (AvgIpc) is 3.00. The highest BCUT2D eigenvalue weighted by Crippen LogP contribution is 2.36. The summed E-state index contributed by atoms with van der Waals surface area (Å²) in [4.78, 5) is 39.4. The van der Waals surface area contributed by atoms with Crippen LogP contribution in [0.15, 0.2) is 65.6 Å². The number of amides is 2. The van der Waals surface area contributed by atoms with E-state index in [-0.39, 0.29) is 41.0 Å². The van der Waals surface area contributed by atoms with Gasteiger partial charge in [-0.3, -0.25) is 24.0 Å². The van der Waals surface area contributed by atoms with Crippen molar-refractivity contribution in [2.24, 2.45) is 0 Å². The Bertz CT molecular complexity index is 1650. The molecule has 0 aromatic heterocycles. The molecular weight excluding hydrogens is 627 g/mol. The fraction of sp³-hybridized carbons (Fsp3) is 0.355. The van der Waals surface area contributed by atoms with E-state index in [1.807, 2.05) is 13.8 Å². The molecule has 1 N–H and O–H groups in total. The van der Waals surface area contributed by atoms with Crippen LogP contribution in [-0.2, 0) is 26.2 Å². The van der Waals surface area contributed by atoms with Gasteiger partial charge in [-0.2, -0.15) is 0 Å². The van der Waals surface area contributed by atoms with E-state index in [0.717, 1.165) is 10.4 Å². The monoisotopic (exact) mass is 662 g/mol. The topological polar surface area (TPSA) is 139 Å². The number of methoxy groups -OCH3 is 1. The van der Waals surface area contributed by atoms with Crippen LogP contribution in [0.1, 0.15) is 44.7 Å². The first-order chi connectivity index (χ1) is 21.2. The van der Waals surface area contributed by atoms with Crippen LogP contribution in [0.3, 0.4) is 0 Å². The zero-order valence-corrected chi connectivity index (χ0v) is 27.2. The molecule has 0 heterocycles. The van der Waals surface area contributed by atoms with Crippen molar-refractivity contribution >= 4 is 44.8 Å². The van der Waals surface area contributed by atoms with E-state index in [9.17, 15) is 32.5 Å². The largest absolute Gasteiger partial charge is 0.495 e. The second-order valence-corrected chi connectivity index (χ2v) is 12.7. The first-order valence-electron chi connectivity index (χ1n) is 14.2. The highest BCUT2D eigenvalue weighted by molar-refractivity contribution is 7.92. The fourth-order valence-electron chi connectivity index (χ4n) is 4.59. The Kier molecular flexibility index (Phi) is 11.9. The molecule has 0 aliphatic rings. The number of nitro benzene ring substituents is 1. The van der Waals surface area contributed by atoms with Crippen molar-refractivity contribution in [1.82, 2.24) is 10.2 Å². The van der Waals surface area contributed by atoms with Crippen molar-refractivity contribution in [3.8, 4) is 5.75 Å². The van der Waals surface area contributed by atoms with Crippen LogP contribution in [0, 0.1) is 22.9 Å². The summed E-state index contributed by atoms with van der Waals surface area (Å²) in [5, 5.41) is 14.7. The van der Waals surface area contributed by atoms with Crippen LogP contribution in [-0.4, -0.2) is 55.8 Å². The molecule has 11 nitrogen and oxygen atoms in total. The Morgan fingerprint density at radius 2 is 1.73 bits per heavy atom. The van der Waals surface area contributed by atoms with Crippen LogP contribution >= 0.6 is 11.6 Å². The molecule has 45 heavy (non-hydrogen) atoms. The minimum atomic E-state index is -4.67. The SMILES string of the molecule is CC[C@H](C)NC(=O)[C@H](CC)N(Cc1ccc(F)cc1)C(=O)CN(c1cc(Cl)ccc1OC)S(=O)(=O)c1ccc(C)c([N+](=O)[O-])c1. The van der Waals surface area contributed by atoms with E-state index < -0.39 is 55.7 Å². The molecule has 242 valence electrons. The molecule has 0 aliphatic carbocycles. The molecule has 3 aromatic rings. The van der Waals surface area contributed by atoms with E-state index >= 15 is 0 Å². The molecule has 3 rings (SSSR count). The first kappa shape index (κ1) is 35.3. The van der Waals surface area contributed by atoms with Gasteiger partial charge in [-0.1, -0.05) is 43.6 Å². The highest BCUT2D eigenvalue weighted by Gasteiger charge is 2.36. The summed E-state index contributed by atoms with van der Waals surface area (Å²) < 4.78 is 48.3. The van der Waals surface area contributed by atoms with Gasteiger partial charge >= 0.3 is 0 Å². The summed E-state index contributed by atoms with van der Waals surface area (Å²) >= 11 is 6.25. The summed E-state index contributed by atoms with van der Waals surface area (Å²) in [5.74, 6) is -1.64. The Morgan fingerprint density at radius 1 is 1.07 bits per heavy atom. The second kappa shape index (κ2) is 15.2. The van der Waals surface area contributed by atoms with Crippen molar-refractivity contribution in [2.45, 2.75) is 64.1 Å².